The monoisotopic (exact) mass is 506 g/mol. The van der Waals surface area contributed by atoms with Crippen LogP contribution in [0.3, 0.4) is 0 Å². The standard InChI is InChI=1S/C30H26N4O4/c1-29(16-36-17-29)7-4-19-10-22(14-32-13-19)21-2-3-26-23(11-21)30(18-37-28(31)34-30)24-12-25(33-15-27(24)38-26)20-5-8-35-9-6-20/h2-3,5,10-15H,6,8-9,16-18H2,1H3,(H2,31,34)/t30-/m0/s1. The van der Waals surface area contributed by atoms with Crippen LogP contribution in [0.5, 0.6) is 11.5 Å². The highest BCUT2D eigenvalue weighted by Crippen LogP contribution is 2.52. The fraction of sp³-hybridized carbons (Fsp3) is 0.300. The van der Waals surface area contributed by atoms with Gasteiger partial charge in [0.2, 0.25) is 0 Å². The molecule has 0 amide bonds. The molecule has 0 radical (unpaired) electrons. The Hall–Kier alpha value is -4.19. The van der Waals surface area contributed by atoms with Crippen LogP contribution in [0.2, 0.25) is 0 Å². The summed E-state index contributed by atoms with van der Waals surface area (Å²) < 4.78 is 22.9. The molecule has 7 rings (SSSR count). The smallest absolute Gasteiger partial charge is 0.283 e. The van der Waals surface area contributed by atoms with Gasteiger partial charge in [0.05, 0.1) is 43.7 Å². The van der Waals surface area contributed by atoms with Gasteiger partial charge in [-0.15, -0.1) is 0 Å². The van der Waals surface area contributed by atoms with Crippen molar-refractivity contribution in [3.05, 3.63) is 77.4 Å². The van der Waals surface area contributed by atoms with E-state index in [4.69, 9.17) is 29.7 Å². The Morgan fingerprint density at radius 2 is 1.84 bits per heavy atom. The summed E-state index contributed by atoms with van der Waals surface area (Å²) in [6.07, 6.45) is 8.27. The number of nitrogens with zero attached hydrogens (tertiary/aromatic N) is 3. The number of nitrogens with two attached hydrogens (primary N) is 1. The van der Waals surface area contributed by atoms with Gasteiger partial charge in [0.1, 0.15) is 12.4 Å². The summed E-state index contributed by atoms with van der Waals surface area (Å²) >= 11 is 0. The highest BCUT2D eigenvalue weighted by molar-refractivity contribution is 5.78. The van der Waals surface area contributed by atoms with Crippen LogP contribution in [-0.4, -0.2) is 49.0 Å². The third-order valence-corrected chi connectivity index (χ3v) is 7.40. The van der Waals surface area contributed by atoms with E-state index in [2.05, 4.69) is 53.0 Å². The van der Waals surface area contributed by atoms with Gasteiger partial charge in [-0.2, -0.15) is 0 Å². The maximum atomic E-state index is 6.33. The minimum atomic E-state index is -0.837. The summed E-state index contributed by atoms with van der Waals surface area (Å²) in [6, 6.07) is 10.3. The molecule has 6 heterocycles. The molecule has 8 heteroatoms. The lowest BCUT2D eigenvalue weighted by molar-refractivity contribution is -0.0648. The van der Waals surface area contributed by atoms with E-state index in [0.717, 1.165) is 45.5 Å². The number of hydrogen-bond acceptors (Lipinski definition) is 8. The topological polar surface area (TPSA) is 101 Å². The van der Waals surface area contributed by atoms with Crippen molar-refractivity contribution in [2.24, 2.45) is 16.1 Å². The number of fused-ring (bicyclic) bond motifs is 4. The molecule has 1 fully saturated rings. The summed E-state index contributed by atoms with van der Waals surface area (Å²) in [7, 11) is 0. The van der Waals surface area contributed by atoms with Gasteiger partial charge in [0, 0.05) is 34.6 Å². The molecule has 0 unspecified atom stereocenters. The first-order valence-corrected chi connectivity index (χ1v) is 12.7. The Morgan fingerprint density at radius 3 is 2.61 bits per heavy atom. The molecule has 1 aromatic carbocycles. The van der Waals surface area contributed by atoms with Crippen LogP contribution in [-0.2, 0) is 19.7 Å². The molecule has 2 N–H and O–H groups in total. The van der Waals surface area contributed by atoms with Crippen molar-refractivity contribution in [1.82, 2.24) is 9.97 Å². The van der Waals surface area contributed by atoms with Crippen molar-refractivity contribution in [2.45, 2.75) is 18.9 Å². The van der Waals surface area contributed by atoms with Crippen LogP contribution in [0.1, 0.15) is 35.7 Å². The minimum absolute atomic E-state index is 0.0895. The molecular weight excluding hydrogens is 480 g/mol. The number of rotatable bonds is 2. The molecule has 2 aromatic heterocycles. The summed E-state index contributed by atoms with van der Waals surface area (Å²) in [5.74, 6) is 7.94. The fourth-order valence-electron chi connectivity index (χ4n) is 5.24. The zero-order chi connectivity index (χ0) is 25.7. The van der Waals surface area contributed by atoms with Crippen LogP contribution >= 0.6 is 0 Å². The van der Waals surface area contributed by atoms with Crippen LogP contribution in [0.25, 0.3) is 16.7 Å². The summed E-state index contributed by atoms with van der Waals surface area (Å²) in [6.45, 7) is 4.97. The highest BCUT2D eigenvalue weighted by atomic mass is 16.5. The molecule has 1 saturated heterocycles. The van der Waals surface area contributed by atoms with Gasteiger partial charge in [0.25, 0.3) is 6.02 Å². The maximum Gasteiger partial charge on any atom is 0.283 e. The average Bonchev–Trinajstić information content (AvgIpc) is 3.33. The van der Waals surface area contributed by atoms with Crippen molar-refractivity contribution in [3.63, 3.8) is 0 Å². The molecule has 4 aliphatic heterocycles. The van der Waals surface area contributed by atoms with Gasteiger partial charge in [0.15, 0.2) is 11.3 Å². The van der Waals surface area contributed by atoms with Crippen molar-refractivity contribution in [3.8, 4) is 34.5 Å². The summed E-state index contributed by atoms with van der Waals surface area (Å²) in [5, 5.41) is 0. The van der Waals surface area contributed by atoms with Gasteiger partial charge < -0.3 is 24.7 Å². The van der Waals surface area contributed by atoms with E-state index < -0.39 is 5.54 Å². The van der Waals surface area contributed by atoms with Crippen LogP contribution in [0.4, 0.5) is 0 Å². The molecule has 4 aliphatic rings. The Kier molecular flexibility index (Phi) is 5.25. The maximum absolute atomic E-state index is 6.33. The molecular formula is C30H26N4O4. The number of hydrogen-bond donors (Lipinski definition) is 1. The van der Waals surface area contributed by atoms with Crippen LogP contribution in [0.15, 0.2) is 60.0 Å². The molecule has 38 heavy (non-hydrogen) atoms. The molecule has 0 aliphatic carbocycles. The SMILES string of the molecule is CC1(C#Cc2cncc(-c3ccc4c(c3)[C@@]3(COC(N)=N3)c3cc(C5=CCOCC5)ncc3O4)c2)COC1. The van der Waals surface area contributed by atoms with Gasteiger partial charge in [-0.3, -0.25) is 9.97 Å². The molecule has 3 aromatic rings. The third kappa shape index (κ3) is 3.83. The molecule has 190 valence electrons. The first kappa shape index (κ1) is 23.0. The van der Waals surface area contributed by atoms with Crippen molar-refractivity contribution < 1.29 is 18.9 Å². The predicted molar refractivity (Wildman–Crippen MR) is 142 cm³/mol. The van der Waals surface area contributed by atoms with Crippen LogP contribution < -0.4 is 10.5 Å². The summed E-state index contributed by atoms with van der Waals surface area (Å²) in [4.78, 5) is 14.0. The molecule has 1 atom stereocenters. The van der Waals surface area contributed by atoms with Gasteiger partial charge in [-0.05, 0) is 48.7 Å². The quantitative estimate of drug-likeness (QED) is 0.524. The normalized spacial score (nSPS) is 22.4. The number of ether oxygens (including phenoxy) is 4. The Balaban J connectivity index is 1.31. The van der Waals surface area contributed by atoms with Crippen molar-refractivity contribution in [1.29, 1.82) is 0 Å². The van der Waals surface area contributed by atoms with Crippen molar-refractivity contribution >= 4 is 11.6 Å². The van der Waals surface area contributed by atoms with E-state index in [1.165, 1.54) is 0 Å². The number of benzene rings is 1. The van der Waals surface area contributed by atoms with E-state index in [0.29, 0.717) is 37.9 Å². The molecule has 8 nitrogen and oxygen atoms in total. The fourth-order valence-corrected chi connectivity index (χ4v) is 5.24. The van der Waals surface area contributed by atoms with E-state index in [-0.39, 0.29) is 18.0 Å². The number of amidine groups is 1. The number of aromatic nitrogens is 2. The zero-order valence-corrected chi connectivity index (χ0v) is 21.0. The zero-order valence-electron chi connectivity index (χ0n) is 21.0. The third-order valence-electron chi connectivity index (χ3n) is 7.40. The van der Waals surface area contributed by atoms with E-state index >= 15 is 0 Å². The van der Waals surface area contributed by atoms with Crippen LogP contribution in [0, 0.1) is 17.3 Å². The molecule has 0 bridgehead atoms. The van der Waals surface area contributed by atoms with E-state index in [9.17, 15) is 0 Å². The highest BCUT2D eigenvalue weighted by Gasteiger charge is 2.47. The van der Waals surface area contributed by atoms with E-state index in [1.54, 1.807) is 12.4 Å². The van der Waals surface area contributed by atoms with Crippen molar-refractivity contribution in [2.75, 3.05) is 33.0 Å². The predicted octanol–water partition coefficient (Wildman–Crippen LogP) is 4.03. The number of pyridine rings is 2. The average molecular weight is 507 g/mol. The Labute approximate surface area is 220 Å². The van der Waals surface area contributed by atoms with E-state index in [1.807, 2.05) is 18.3 Å². The lowest BCUT2D eigenvalue weighted by atomic mass is 9.80. The van der Waals surface area contributed by atoms with Gasteiger partial charge in [-0.1, -0.05) is 24.0 Å². The first-order valence-electron chi connectivity index (χ1n) is 12.7. The first-order chi connectivity index (χ1) is 18.5. The van der Waals surface area contributed by atoms with Gasteiger partial charge >= 0.3 is 0 Å². The Bertz CT molecular complexity index is 1580. The summed E-state index contributed by atoms with van der Waals surface area (Å²) in [5.41, 5.74) is 11.8. The van der Waals surface area contributed by atoms with Gasteiger partial charge in [-0.25, -0.2) is 4.99 Å². The Morgan fingerprint density at radius 1 is 0.947 bits per heavy atom. The second-order valence-electron chi connectivity index (χ2n) is 10.3. The molecule has 1 spiro atoms. The largest absolute Gasteiger partial charge is 0.462 e. The lowest BCUT2D eigenvalue weighted by Crippen LogP contribution is -2.38. The minimum Gasteiger partial charge on any atom is -0.462 e. The lowest BCUT2D eigenvalue weighted by Gasteiger charge is -2.34. The second-order valence-corrected chi connectivity index (χ2v) is 10.3. The second kappa shape index (κ2) is 8.69. The molecule has 0 saturated carbocycles. The number of aliphatic imine (C=N–C) groups is 1.